The van der Waals surface area contributed by atoms with Crippen LogP contribution in [0.5, 0.6) is 0 Å². The molecule has 186 valence electrons. The Morgan fingerprint density at radius 3 is 2.53 bits per heavy atom. The molecule has 1 unspecified atom stereocenters. The van der Waals surface area contributed by atoms with Gasteiger partial charge in [0.25, 0.3) is 0 Å². The molecule has 2 aliphatic heterocycles. The summed E-state index contributed by atoms with van der Waals surface area (Å²) in [6.45, 7) is 12.1. The Hall–Kier alpha value is -2.87. The zero-order valence-corrected chi connectivity index (χ0v) is 21.0. The van der Waals surface area contributed by atoms with Crippen molar-refractivity contribution in [2.45, 2.75) is 71.9 Å². The molecule has 2 N–H and O–H groups in total. The first kappa shape index (κ1) is 25.7. The van der Waals surface area contributed by atoms with E-state index in [-0.39, 0.29) is 18.0 Å². The molecule has 0 spiro atoms. The summed E-state index contributed by atoms with van der Waals surface area (Å²) < 4.78 is 11.3. The molecule has 2 heterocycles. The van der Waals surface area contributed by atoms with Gasteiger partial charge >= 0.3 is 12.1 Å². The SMILES string of the molecule is CC(C)(C)OC(=O)[C@@H](Cc1cccc(C2=CC=NC(O)N2)c1)[C@H]1CCN(C(=O)OC(C)(C)C)C1. The normalized spacial score (nSPS) is 21.5. The van der Waals surface area contributed by atoms with E-state index in [4.69, 9.17) is 9.47 Å². The first-order valence-electron chi connectivity index (χ1n) is 11.8. The Morgan fingerprint density at radius 2 is 1.88 bits per heavy atom. The van der Waals surface area contributed by atoms with Crippen LogP contribution in [0.2, 0.25) is 0 Å². The Morgan fingerprint density at radius 1 is 1.18 bits per heavy atom. The zero-order valence-electron chi connectivity index (χ0n) is 21.0. The van der Waals surface area contributed by atoms with E-state index in [9.17, 15) is 14.7 Å². The lowest BCUT2D eigenvalue weighted by Crippen LogP contribution is -2.38. The van der Waals surface area contributed by atoms with Gasteiger partial charge in [-0.2, -0.15) is 0 Å². The van der Waals surface area contributed by atoms with Crippen molar-refractivity contribution in [3.63, 3.8) is 0 Å². The molecule has 2 aliphatic rings. The van der Waals surface area contributed by atoms with Crippen LogP contribution < -0.4 is 5.32 Å². The van der Waals surface area contributed by atoms with Gasteiger partial charge in [0.2, 0.25) is 6.35 Å². The highest BCUT2D eigenvalue weighted by atomic mass is 16.6. The van der Waals surface area contributed by atoms with Crippen LogP contribution in [0.25, 0.3) is 5.70 Å². The number of aliphatic hydroxyl groups is 1. The fourth-order valence-corrected chi connectivity index (χ4v) is 4.15. The van der Waals surface area contributed by atoms with E-state index in [1.807, 2.05) is 65.8 Å². The van der Waals surface area contributed by atoms with E-state index in [1.165, 1.54) is 0 Å². The van der Waals surface area contributed by atoms with E-state index in [0.717, 1.165) is 16.8 Å². The van der Waals surface area contributed by atoms with Gasteiger partial charge in [-0.05, 0) is 83.6 Å². The molecular formula is C26H37N3O5. The number of hydrogen-bond donors (Lipinski definition) is 2. The number of rotatable bonds is 5. The Labute approximate surface area is 202 Å². The van der Waals surface area contributed by atoms with Gasteiger partial charge in [-0.25, -0.2) is 9.79 Å². The summed E-state index contributed by atoms with van der Waals surface area (Å²) in [5.41, 5.74) is 1.46. The van der Waals surface area contributed by atoms with Crippen molar-refractivity contribution >= 4 is 24.0 Å². The van der Waals surface area contributed by atoms with Crippen LogP contribution in [0.3, 0.4) is 0 Å². The number of benzene rings is 1. The number of nitrogens with zero attached hydrogens (tertiary/aromatic N) is 2. The maximum Gasteiger partial charge on any atom is 0.410 e. The Kier molecular flexibility index (Phi) is 7.70. The third-order valence-electron chi connectivity index (χ3n) is 5.60. The van der Waals surface area contributed by atoms with Gasteiger partial charge in [-0.3, -0.25) is 4.79 Å². The van der Waals surface area contributed by atoms with Crippen molar-refractivity contribution in [2.75, 3.05) is 13.1 Å². The van der Waals surface area contributed by atoms with Gasteiger partial charge < -0.3 is 24.8 Å². The highest BCUT2D eigenvalue weighted by Gasteiger charge is 2.39. The van der Waals surface area contributed by atoms with Crippen molar-refractivity contribution in [3.05, 3.63) is 41.5 Å². The molecule has 0 radical (unpaired) electrons. The van der Waals surface area contributed by atoms with Crippen LogP contribution in [0, 0.1) is 11.8 Å². The van der Waals surface area contributed by atoms with Crippen molar-refractivity contribution < 1.29 is 24.2 Å². The molecule has 0 saturated carbocycles. The maximum absolute atomic E-state index is 13.3. The number of hydrogen-bond acceptors (Lipinski definition) is 7. The number of carbonyl (C=O) groups excluding carboxylic acids is 2. The van der Waals surface area contributed by atoms with Crippen molar-refractivity contribution in [3.8, 4) is 0 Å². The standard InChI is InChI=1S/C26H37N3O5/c1-25(2,3)33-22(30)20(19-11-13-29(16-19)24(32)34-26(4,5)6)15-17-8-7-9-18(14-17)21-10-12-27-23(31)28-21/h7-10,12,14,19-20,23,28,31H,11,13,15-16H2,1-6H3/t19-,20-,23?/m0/s1. The minimum atomic E-state index is -0.976. The molecule has 8 nitrogen and oxygen atoms in total. The van der Waals surface area contributed by atoms with Crippen LogP contribution in [0.1, 0.15) is 59.1 Å². The first-order valence-corrected chi connectivity index (χ1v) is 11.8. The largest absolute Gasteiger partial charge is 0.460 e. The molecule has 0 aliphatic carbocycles. The van der Waals surface area contributed by atoms with Gasteiger partial charge in [0.05, 0.1) is 5.92 Å². The van der Waals surface area contributed by atoms with E-state index in [2.05, 4.69) is 10.3 Å². The molecule has 8 heteroatoms. The van der Waals surface area contributed by atoms with Gasteiger partial charge in [-0.15, -0.1) is 0 Å². The molecule has 3 rings (SSSR count). The number of aliphatic imine (C=N–C) groups is 1. The van der Waals surface area contributed by atoms with Crippen molar-refractivity contribution in [1.82, 2.24) is 10.2 Å². The summed E-state index contributed by atoms with van der Waals surface area (Å²) in [5.74, 6) is -0.694. The topological polar surface area (TPSA) is 100 Å². The summed E-state index contributed by atoms with van der Waals surface area (Å²) in [6, 6.07) is 7.85. The van der Waals surface area contributed by atoms with Gasteiger partial charge in [-0.1, -0.05) is 18.2 Å². The minimum Gasteiger partial charge on any atom is -0.460 e. The van der Waals surface area contributed by atoms with Crippen LogP contribution in [0.15, 0.2) is 35.3 Å². The quantitative estimate of drug-likeness (QED) is 0.635. The lowest BCUT2D eigenvalue weighted by Gasteiger charge is -2.28. The molecule has 1 fully saturated rings. The first-order chi connectivity index (χ1) is 15.8. The Balaban J connectivity index is 1.79. The summed E-state index contributed by atoms with van der Waals surface area (Å²) in [6.07, 6.45) is 3.23. The molecule has 0 aromatic heterocycles. The van der Waals surface area contributed by atoms with E-state index < -0.39 is 23.5 Å². The second kappa shape index (κ2) is 10.2. The molecule has 1 aromatic rings. The fraction of sp³-hybridized carbons (Fsp3) is 0.577. The number of esters is 1. The van der Waals surface area contributed by atoms with Gasteiger partial charge in [0.15, 0.2) is 0 Å². The van der Waals surface area contributed by atoms with Crippen LogP contribution in [-0.4, -0.2) is 58.9 Å². The Bertz CT molecular complexity index is 958. The third-order valence-corrected chi connectivity index (χ3v) is 5.60. The average molecular weight is 472 g/mol. The van der Waals surface area contributed by atoms with Gasteiger partial charge in [0.1, 0.15) is 11.2 Å². The lowest BCUT2D eigenvalue weighted by molar-refractivity contribution is -0.161. The number of likely N-dealkylation sites (tertiary alicyclic amines) is 1. The predicted molar refractivity (Wildman–Crippen MR) is 131 cm³/mol. The molecular weight excluding hydrogens is 434 g/mol. The smallest absolute Gasteiger partial charge is 0.410 e. The number of carbonyl (C=O) groups is 2. The molecule has 3 atom stereocenters. The maximum atomic E-state index is 13.3. The van der Waals surface area contributed by atoms with E-state index >= 15 is 0 Å². The molecule has 1 aromatic carbocycles. The monoisotopic (exact) mass is 471 g/mol. The fourth-order valence-electron chi connectivity index (χ4n) is 4.15. The highest BCUT2D eigenvalue weighted by molar-refractivity contribution is 5.85. The number of amides is 1. The number of allylic oxidation sites excluding steroid dienone is 1. The highest BCUT2D eigenvalue weighted by Crippen LogP contribution is 2.31. The van der Waals surface area contributed by atoms with Crippen molar-refractivity contribution in [1.29, 1.82) is 0 Å². The third kappa shape index (κ3) is 7.32. The summed E-state index contributed by atoms with van der Waals surface area (Å²) in [4.78, 5) is 31.4. The van der Waals surface area contributed by atoms with Crippen LogP contribution in [-0.2, 0) is 20.7 Å². The molecule has 1 amide bonds. The molecule has 1 saturated heterocycles. The lowest BCUT2D eigenvalue weighted by atomic mass is 9.85. The van der Waals surface area contributed by atoms with E-state index in [0.29, 0.717) is 25.9 Å². The second-order valence-electron chi connectivity index (χ2n) is 10.9. The zero-order chi connectivity index (χ0) is 25.1. The minimum absolute atomic E-state index is 0.0352. The number of nitrogens with one attached hydrogen (secondary N) is 1. The summed E-state index contributed by atoms with van der Waals surface area (Å²) in [5, 5.41) is 12.7. The van der Waals surface area contributed by atoms with Crippen LogP contribution >= 0.6 is 0 Å². The average Bonchev–Trinajstić information content (AvgIpc) is 3.20. The molecule has 34 heavy (non-hydrogen) atoms. The van der Waals surface area contributed by atoms with E-state index in [1.54, 1.807) is 17.2 Å². The summed E-state index contributed by atoms with van der Waals surface area (Å²) in [7, 11) is 0. The predicted octanol–water partition coefficient (Wildman–Crippen LogP) is 3.73. The number of ether oxygens (including phenoxy) is 2. The molecule has 0 bridgehead atoms. The number of aliphatic hydroxyl groups excluding tert-OH is 1. The van der Waals surface area contributed by atoms with Crippen LogP contribution in [0.4, 0.5) is 4.79 Å². The second-order valence-corrected chi connectivity index (χ2v) is 10.9. The summed E-state index contributed by atoms with van der Waals surface area (Å²) >= 11 is 0. The van der Waals surface area contributed by atoms with Crippen molar-refractivity contribution in [2.24, 2.45) is 16.8 Å². The van der Waals surface area contributed by atoms with Gasteiger partial charge in [0, 0.05) is 25.0 Å².